The van der Waals surface area contributed by atoms with Crippen molar-refractivity contribution < 1.29 is 9.90 Å². The molecule has 6 nitrogen and oxygen atoms in total. The highest BCUT2D eigenvalue weighted by Crippen LogP contribution is 2.28. The first-order valence-electron chi connectivity index (χ1n) is 11.1. The summed E-state index contributed by atoms with van der Waals surface area (Å²) in [4.78, 5) is 15.9. The van der Waals surface area contributed by atoms with Gasteiger partial charge in [0.25, 0.3) is 0 Å². The maximum absolute atomic E-state index is 11.5. The highest BCUT2D eigenvalue weighted by atomic mass is 16.4. The van der Waals surface area contributed by atoms with Gasteiger partial charge in [-0.15, -0.1) is 0 Å². The molecule has 1 unspecified atom stereocenters. The maximum Gasteiger partial charge on any atom is 0.310 e. The first kappa shape index (κ1) is 21.8. The monoisotopic (exact) mass is 430 g/mol. The van der Waals surface area contributed by atoms with Crippen LogP contribution in [-0.2, 0) is 11.2 Å². The van der Waals surface area contributed by atoms with E-state index in [2.05, 4.69) is 51.3 Å². The van der Waals surface area contributed by atoms with Crippen molar-refractivity contribution in [3.63, 3.8) is 0 Å². The number of aryl methyl sites for hydroxylation is 1. The second-order valence-electron chi connectivity index (χ2n) is 8.37. The molecular weight excluding hydrogens is 400 g/mol. The summed E-state index contributed by atoms with van der Waals surface area (Å²) < 4.78 is 0. The Morgan fingerprint density at radius 1 is 1.19 bits per heavy atom. The van der Waals surface area contributed by atoms with Crippen molar-refractivity contribution in [3.8, 4) is 0 Å². The predicted octanol–water partition coefficient (Wildman–Crippen LogP) is 4.36. The van der Waals surface area contributed by atoms with Crippen molar-refractivity contribution in [2.75, 3.05) is 23.7 Å². The fourth-order valence-electron chi connectivity index (χ4n) is 4.28. The summed E-state index contributed by atoms with van der Waals surface area (Å²) in [6.45, 7) is 5.27. The summed E-state index contributed by atoms with van der Waals surface area (Å²) in [5, 5.41) is 20.2. The molecule has 0 bridgehead atoms. The van der Waals surface area contributed by atoms with E-state index in [0.717, 1.165) is 47.7 Å². The van der Waals surface area contributed by atoms with Crippen LogP contribution in [0.3, 0.4) is 0 Å². The van der Waals surface area contributed by atoms with Gasteiger partial charge in [0.2, 0.25) is 0 Å². The lowest BCUT2D eigenvalue weighted by molar-refractivity contribution is -0.138. The zero-order valence-corrected chi connectivity index (χ0v) is 18.5. The highest BCUT2D eigenvalue weighted by molar-refractivity contribution is 5.76. The van der Waals surface area contributed by atoms with Crippen molar-refractivity contribution in [2.45, 2.75) is 38.3 Å². The van der Waals surface area contributed by atoms with Crippen LogP contribution in [0.2, 0.25) is 0 Å². The van der Waals surface area contributed by atoms with Gasteiger partial charge in [-0.1, -0.05) is 48.5 Å². The summed E-state index contributed by atoms with van der Waals surface area (Å²) in [6.07, 6.45) is 2.62. The molecule has 1 aliphatic rings. The summed E-state index contributed by atoms with van der Waals surface area (Å²) in [7, 11) is 0. The number of benzene rings is 2. The number of fused-ring (bicyclic) bond motifs is 1. The van der Waals surface area contributed by atoms with Crippen LogP contribution in [0.15, 0.2) is 66.9 Å². The van der Waals surface area contributed by atoms with E-state index in [9.17, 15) is 9.90 Å². The van der Waals surface area contributed by atoms with Gasteiger partial charge in [-0.05, 0) is 61.2 Å². The normalized spacial score (nSPS) is 16.9. The van der Waals surface area contributed by atoms with E-state index in [1.54, 1.807) is 13.1 Å². The van der Waals surface area contributed by atoms with E-state index < -0.39 is 11.9 Å². The lowest BCUT2D eigenvalue weighted by atomic mass is 9.93. The second-order valence-corrected chi connectivity index (χ2v) is 8.37. The van der Waals surface area contributed by atoms with Crippen LogP contribution in [0.5, 0.6) is 0 Å². The third kappa shape index (κ3) is 4.92. The van der Waals surface area contributed by atoms with Gasteiger partial charge in [0.05, 0.1) is 23.7 Å². The number of aliphatic carboxylic acids is 1. The quantitative estimate of drug-likeness (QED) is 0.425. The van der Waals surface area contributed by atoms with Crippen LogP contribution in [0.4, 0.5) is 11.5 Å². The van der Waals surface area contributed by atoms with Crippen molar-refractivity contribution in [2.24, 2.45) is 0 Å². The van der Waals surface area contributed by atoms with Gasteiger partial charge in [0.15, 0.2) is 0 Å². The average molecular weight is 431 g/mol. The maximum atomic E-state index is 11.5. The summed E-state index contributed by atoms with van der Waals surface area (Å²) in [6, 6.07) is 20.8. The molecule has 4 rings (SSSR count). The number of hydrogen-bond acceptors (Lipinski definition) is 5. The molecule has 2 aromatic carbocycles. The molecular formula is C26H30N4O2. The molecule has 3 atom stereocenters. The smallest absolute Gasteiger partial charge is 0.310 e. The summed E-state index contributed by atoms with van der Waals surface area (Å²) >= 11 is 0. The van der Waals surface area contributed by atoms with Crippen LogP contribution in [0, 0.1) is 6.92 Å². The number of carboxylic acids is 1. The van der Waals surface area contributed by atoms with Crippen LogP contribution < -0.4 is 16.0 Å². The molecule has 6 heteroatoms. The molecule has 0 saturated carbocycles. The minimum absolute atomic E-state index is 0.0988. The van der Waals surface area contributed by atoms with Crippen LogP contribution in [0.1, 0.15) is 41.1 Å². The number of carbonyl (C=O) groups is 1. The Kier molecular flexibility index (Phi) is 6.71. The highest BCUT2D eigenvalue weighted by Gasteiger charge is 2.27. The minimum atomic E-state index is -0.794. The molecule has 4 N–H and O–H groups in total. The zero-order valence-electron chi connectivity index (χ0n) is 18.5. The van der Waals surface area contributed by atoms with E-state index >= 15 is 0 Å². The molecule has 0 fully saturated rings. The largest absolute Gasteiger partial charge is 0.481 e. The first-order chi connectivity index (χ1) is 15.5. The Morgan fingerprint density at radius 3 is 2.78 bits per heavy atom. The Bertz CT molecular complexity index is 1070. The molecule has 1 aromatic heterocycles. The fourth-order valence-corrected chi connectivity index (χ4v) is 4.28. The molecule has 0 radical (unpaired) electrons. The third-order valence-corrected chi connectivity index (χ3v) is 6.16. The summed E-state index contributed by atoms with van der Waals surface area (Å²) in [5.74, 6) is -0.431. The lowest BCUT2D eigenvalue weighted by Crippen LogP contribution is -2.44. The van der Waals surface area contributed by atoms with Crippen LogP contribution in [-0.4, -0.2) is 35.2 Å². The molecule has 3 aromatic rings. The van der Waals surface area contributed by atoms with E-state index in [1.165, 1.54) is 5.56 Å². The molecule has 0 amide bonds. The topological polar surface area (TPSA) is 86.3 Å². The SMILES string of the molecule is Cc1ccc(CCNC(c2ccccc2)[C@H]2CNc3cccnc3N2)cc1[C@@H](C)C(=O)O. The van der Waals surface area contributed by atoms with Gasteiger partial charge in [0, 0.05) is 12.7 Å². The van der Waals surface area contributed by atoms with Crippen LogP contribution in [0.25, 0.3) is 0 Å². The van der Waals surface area contributed by atoms with Gasteiger partial charge in [-0.3, -0.25) is 4.79 Å². The van der Waals surface area contributed by atoms with Crippen molar-refractivity contribution in [1.29, 1.82) is 0 Å². The number of hydrogen-bond donors (Lipinski definition) is 4. The van der Waals surface area contributed by atoms with E-state index in [-0.39, 0.29) is 12.1 Å². The van der Waals surface area contributed by atoms with Gasteiger partial charge in [-0.2, -0.15) is 0 Å². The molecule has 0 saturated heterocycles. The number of nitrogens with one attached hydrogen (secondary N) is 3. The Labute approximate surface area is 189 Å². The van der Waals surface area contributed by atoms with Crippen LogP contribution >= 0.6 is 0 Å². The average Bonchev–Trinajstić information content (AvgIpc) is 2.82. The standard InChI is InChI=1S/C26H30N4O2/c1-17-10-11-19(15-21(17)18(2)26(31)32)12-14-27-24(20-7-4-3-5-8-20)23-16-29-22-9-6-13-28-25(22)30-23/h3-11,13,15,18,23-24,27,29H,12,14,16H2,1-2H3,(H,28,30)(H,31,32)/t18-,23-,24?/m1/s1. The zero-order chi connectivity index (χ0) is 22.5. The molecule has 2 heterocycles. The second kappa shape index (κ2) is 9.83. The molecule has 1 aliphatic heterocycles. The first-order valence-corrected chi connectivity index (χ1v) is 11.1. The van der Waals surface area contributed by atoms with E-state index in [4.69, 9.17) is 0 Å². The number of anilines is 2. The number of carboxylic acid groups (broad SMARTS) is 1. The lowest BCUT2D eigenvalue weighted by Gasteiger charge is -2.34. The van der Waals surface area contributed by atoms with Gasteiger partial charge in [0.1, 0.15) is 5.82 Å². The number of pyridine rings is 1. The van der Waals surface area contributed by atoms with E-state index in [1.807, 2.05) is 37.3 Å². The van der Waals surface area contributed by atoms with Crippen molar-refractivity contribution >= 4 is 17.5 Å². The Hall–Kier alpha value is -3.38. The molecule has 0 aliphatic carbocycles. The number of rotatable bonds is 8. The Balaban J connectivity index is 1.47. The molecule has 32 heavy (non-hydrogen) atoms. The number of nitrogens with zero attached hydrogens (tertiary/aromatic N) is 1. The van der Waals surface area contributed by atoms with Crippen molar-refractivity contribution in [1.82, 2.24) is 10.3 Å². The van der Waals surface area contributed by atoms with Gasteiger partial charge < -0.3 is 21.1 Å². The molecule has 166 valence electrons. The predicted molar refractivity (Wildman–Crippen MR) is 128 cm³/mol. The minimum Gasteiger partial charge on any atom is -0.481 e. The third-order valence-electron chi connectivity index (χ3n) is 6.16. The van der Waals surface area contributed by atoms with Crippen molar-refractivity contribution in [3.05, 3.63) is 89.1 Å². The molecule has 0 spiro atoms. The summed E-state index contributed by atoms with van der Waals surface area (Å²) in [5.41, 5.74) is 5.28. The van der Waals surface area contributed by atoms with Gasteiger partial charge >= 0.3 is 5.97 Å². The van der Waals surface area contributed by atoms with Gasteiger partial charge in [-0.25, -0.2) is 4.98 Å². The number of aromatic nitrogens is 1. The van der Waals surface area contributed by atoms with E-state index in [0.29, 0.717) is 0 Å². The fraction of sp³-hybridized carbons (Fsp3) is 0.308. The Morgan fingerprint density at radius 2 is 2.00 bits per heavy atom.